The van der Waals surface area contributed by atoms with Crippen molar-refractivity contribution in [3.05, 3.63) is 0 Å². The van der Waals surface area contributed by atoms with Crippen LogP contribution in [0.1, 0.15) is 19.8 Å². The van der Waals surface area contributed by atoms with E-state index in [9.17, 15) is 4.79 Å². The summed E-state index contributed by atoms with van der Waals surface area (Å²) in [6.07, 6.45) is 1.40. The van der Waals surface area contributed by atoms with Crippen molar-refractivity contribution in [1.82, 2.24) is 0 Å². The van der Waals surface area contributed by atoms with Crippen LogP contribution in [0.15, 0.2) is 0 Å². The zero-order chi connectivity index (χ0) is 8.20. The minimum Gasteiger partial charge on any atom is -1.00 e. The molecule has 0 spiro atoms. The van der Waals surface area contributed by atoms with Crippen LogP contribution in [0.3, 0.4) is 0 Å². The first-order valence-corrected chi connectivity index (χ1v) is 3.78. The molecule has 0 saturated heterocycles. The van der Waals surface area contributed by atoms with Crippen LogP contribution in [0.2, 0.25) is 0 Å². The van der Waals surface area contributed by atoms with Gasteiger partial charge in [0.25, 0.3) is 0 Å². The van der Waals surface area contributed by atoms with Crippen molar-refractivity contribution in [2.24, 2.45) is 0 Å². The number of nitrogens with zero attached hydrogens (tertiary/aromatic N) is 1. The molecule has 0 saturated carbocycles. The molecule has 0 aliphatic rings. The number of quaternary nitrogens is 1. The fourth-order valence-corrected chi connectivity index (χ4v) is 0.637. The number of hydrogen-bond donors (Lipinski definition) is 0. The van der Waals surface area contributed by atoms with Gasteiger partial charge in [0.15, 0.2) is 0 Å². The Kier molecular flexibility index (Phi) is 7.52. The van der Waals surface area contributed by atoms with E-state index in [-0.39, 0.29) is 24.0 Å². The molecular weight excluding hydrogens is 253 g/mol. The van der Waals surface area contributed by atoms with E-state index in [1.807, 2.05) is 6.92 Å². The average molecular weight is 271 g/mol. The molecular formula is C8H18INO. The smallest absolute Gasteiger partial charge is 0.138 e. The molecule has 2 nitrogen and oxygen atoms in total. The molecule has 0 fully saturated rings. The number of rotatable bonds is 4. The second kappa shape index (κ2) is 5.94. The van der Waals surface area contributed by atoms with Crippen LogP contribution in [-0.2, 0) is 4.79 Å². The summed E-state index contributed by atoms with van der Waals surface area (Å²) in [5.74, 6) is 0.369. The fourth-order valence-electron chi connectivity index (χ4n) is 0.637. The van der Waals surface area contributed by atoms with Crippen LogP contribution in [-0.4, -0.2) is 38.0 Å². The summed E-state index contributed by atoms with van der Waals surface area (Å²) in [5.41, 5.74) is 0. The summed E-state index contributed by atoms with van der Waals surface area (Å²) in [4.78, 5) is 10.8. The number of halogens is 1. The standard InChI is InChI=1S/C8H18NO.HI/c1-5-8(10)6-7-9(2,3)4;/h5-7H2,1-4H3;1H/q+1;/p-1. The molecule has 68 valence electrons. The lowest BCUT2D eigenvalue weighted by atomic mass is 10.2. The third kappa shape index (κ3) is 10.4. The molecule has 0 N–H and O–H groups in total. The average Bonchev–Trinajstić information content (AvgIpc) is 1.81. The van der Waals surface area contributed by atoms with E-state index in [0.29, 0.717) is 12.2 Å². The molecule has 0 amide bonds. The van der Waals surface area contributed by atoms with Crippen molar-refractivity contribution in [3.8, 4) is 0 Å². The zero-order valence-corrected chi connectivity index (χ0v) is 10.0. The van der Waals surface area contributed by atoms with Gasteiger partial charge in [-0.3, -0.25) is 4.79 Å². The number of carbonyl (C=O) groups is 1. The van der Waals surface area contributed by atoms with E-state index in [2.05, 4.69) is 21.1 Å². The highest BCUT2D eigenvalue weighted by Crippen LogP contribution is 1.95. The second-order valence-electron chi connectivity index (χ2n) is 3.66. The lowest BCUT2D eigenvalue weighted by Crippen LogP contribution is -3.00. The lowest BCUT2D eigenvalue weighted by Gasteiger charge is -2.23. The Morgan fingerprint density at radius 3 is 2.00 bits per heavy atom. The molecule has 0 radical (unpaired) electrons. The summed E-state index contributed by atoms with van der Waals surface area (Å²) in [5, 5.41) is 0. The maximum Gasteiger partial charge on any atom is 0.138 e. The van der Waals surface area contributed by atoms with Crippen molar-refractivity contribution in [2.45, 2.75) is 19.8 Å². The number of ketones is 1. The van der Waals surface area contributed by atoms with Crippen LogP contribution < -0.4 is 24.0 Å². The zero-order valence-electron chi connectivity index (χ0n) is 7.85. The van der Waals surface area contributed by atoms with Crippen LogP contribution in [0, 0.1) is 0 Å². The van der Waals surface area contributed by atoms with Gasteiger partial charge in [0.1, 0.15) is 5.78 Å². The van der Waals surface area contributed by atoms with Gasteiger partial charge >= 0.3 is 0 Å². The summed E-state index contributed by atoms with van der Waals surface area (Å²) >= 11 is 0. The Balaban J connectivity index is 0. The van der Waals surface area contributed by atoms with E-state index in [1.165, 1.54) is 0 Å². The van der Waals surface area contributed by atoms with E-state index in [4.69, 9.17) is 0 Å². The molecule has 3 heteroatoms. The predicted molar refractivity (Wildman–Crippen MR) is 42.8 cm³/mol. The van der Waals surface area contributed by atoms with Gasteiger partial charge in [-0.05, 0) is 0 Å². The third-order valence-electron chi connectivity index (χ3n) is 1.46. The summed E-state index contributed by atoms with van der Waals surface area (Å²) < 4.78 is 0.881. The normalized spacial score (nSPS) is 10.5. The Hall–Kier alpha value is 0.360. The monoisotopic (exact) mass is 271 g/mol. The first-order valence-electron chi connectivity index (χ1n) is 3.78. The van der Waals surface area contributed by atoms with Gasteiger partial charge in [-0.25, -0.2) is 0 Å². The predicted octanol–water partition coefficient (Wildman–Crippen LogP) is -1.93. The molecule has 0 rings (SSSR count). The van der Waals surface area contributed by atoms with Crippen LogP contribution in [0.5, 0.6) is 0 Å². The van der Waals surface area contributed by atoms with Gasteiger partial charge in [-0.1, -0.05) is 6.92 Å². The highest BCUT2D eigenvalue weighted by molar-refractivity contribution is 5.78. The van der Waals surface area contributed by atoms with Gasteiger partial charge in [-0.15, -0.1) is 0 Å². The molecule has 0 aromatic rings. The molecule has 0 aromatic heterocycles. The highest BCUT2D eigenvalue weighted by Gasteiger charge is 2.08. The molecule has 0 aliphatic carbocycles. The maximum atomic E-state index is 10.8. The minimum atomic E-state index is 0. The van der Waals surface area contributed by atoms with Crippen molar-refractivity contribution >= 4 is 5.78 Å². The SMILES string of the molecule is CCC(=O)CC[N+](C)(C)C.[I-]. The van der Waals surface area contributed by atoms with Crippen molar-refractivity contribution in [2.75, 3.05) is 27.7 Å². The van der Waals surface area contributed by atoms with Gasteiger partial charge in [0.05, 0.1) is 34.1 Å². The Bertz CT molecular complexity index is 118. The Morgan fingerprint density at radius 2 is 1.73 bits per heavy atom. The van der Waals surface area contributed by atoms with Gasteiger partial charge < -0.3 is 28.5 Å². The first kappa shape index (κ1) is 13.9. The summed E-state index contributed by atoms with van der Waals surface area (Å²) in [6, 6.07) is 0. The Morgan fingerprint density at radius 1 is 1.27 bits per heavy atom. The van der Waals surface area contributed by atoms with E-state index < -0.39 is 0 Å². The fraction of sp³-hybridized carbons (Fsp3) is 0.875. The highest BCUT2D eigenvalue weighted by atomic mass is 127. The van der Waals surface area contributed by atoms with E-state index in [0.717, 1.165) is 17.4 Å². The van der Waals surface area contributed by atoms with Crippen LogP contribution in [0.4, 0.5) is 0 Å². The quantitative estimate of drug-likeness (QED) is 0.430. The van der Waals surface area contributed by atoms with E-state index >= 15 is 0 Å². The molecule has 0 aromatic carbocycles. The first-order chi connectivity index (χ1) is 4.45. The molecule has 0 heterocycles. The van der Waals surface area contributed by atoms with Gasteiger partial charge in [-0.2, -0.15) is 0 Å². The van der Waals surface area contributed by atoms with Crippen molar-refractivity contribution in [1.29, 1.82) is 0 Å². The van der Waals surface area contributed by atoms with Crippen molar-refractivity contribution < 1.29 is 33.3 Å². The number of Topliss-reactive ketones (excluding diaryl/α,β-unsaturated/α-hetero) is 1. The number of carbonyl (C=O) groups excluding carboxylic acids is 1. The summed E-state index contributed by atoms with van der Waals surface area (Å²) in [7, 11) is 6.30. The summed E-state index contributed by atoms with van der Waals surface area (Å²) in [6.45, 7) is 2.87. The van der Waals surface area contributed by atoms with Crippen molar-refractivity contribution in [3.63, 3.8) is 0 Å². The molecule has 0 atom stereocenters. The molecule has 0 aliphatic heterocycles. The lowest BCUT2D eigenvalue weighted by molar-refractivity contribution is -0.869. The van der Waals surface area contributed by atoms with Gasteiger partial charge in [0.2, 0.25) is 0 Å². The van der Waals surface area contributed by atoms with Crippen LogP contribution in [0.25, 0.3) is 0 Å². The van der Waals surface area contributed by atoms with Crippen LogP contribution >= 0.6 is 0 Å². The van der Waals surface area contributed by atoms with Gasteiger partial charge in [0, 0.05) is 6.42 Å². The molecule has 0 unspecified atom stereocenters. The largest absolute Gasteiger partial charge is 1.00 e. The van der Waals surface area contributed by atoms with E-state index in [1.54, 1.807) is 0 Å². The topological polar surface area (TPSA) is 17.1 Å². The molecule has 11 heavy (non-hydrogen) atoms. The maximum absolute atomic E-state index is 10.8. The number of hydrogen-bond acceptors (Lipinski definition) is 1. The third-order valence-corrected chi connectivity index (χ3v) is 1.46. The molecule has 0 bridgehead atoms. The minimum absolute atomic E-state index is 0. The second-order valence-corrected chi connectivity index (χ2v) is 3.66. The Labute approximate surface area is 86.6 Å².